The Morgan fingerprint density at radius 3 is 2.22 bits per heavy atom. The van der Waals surface area contributed by atoms with E-state index in [0.717, 1.165) is 15.2 Å². The minimum absolute atomic E-state index is 0.166. The van der Waals surface area contributed by atoms with Crippen LogP contribution < -0.4 is 10.0 Å². The Balaban J connectivity index is 2.51. The van der Waals surface area contributed by atoms with Gasteiger partial charge in [-0.25, -0.2) is 13.1 Å². The van der Waals surface area contributed by atoms with Gasteiger partial charge in [0.1, 0.15) is 0 Å². The quantitative estimate of drug-likeness (QED) is 0.736. The molecule has 0 atom stereocenters. The third-order valence-electron chi connectivity index (χ3n) is 1.90. The van der Waals surface area contributed by atoms with Crippen LogP contribution in [0.2, 0.25) is 0 Å². The predicted octanol–water partition coefficient (Wildman–Crippen LogP) is 1.49. The van der Waals surface area contributed by atoms with Gasteiger partial charge in [-0.3, -0.25) is 4.79 Å². The number of carbonyl (C=O) groups is 1. The Bertz CT molecular complexity index is 526. The molecule has 1 aromatic carbocycles. The third kappa shape index (κ3) is 5.94. The lowest BCUT2D eigenvalue weighted by atomic mass is 10.2. The highest BCUT2D eigenvalue weighted by atomic mass is 79.9. The molecule has 0 fully saturated rings. The molecule has 8 heteroatoms. The van der Waals surface area contributed by atoms with Crippen molar-refractivity contribution in [1.29, 1.82) is 0 Å². The number of sulfonamides is 1. The fourth-order valence-electron chi connectivity index (χ4n) is 1.20. The predicted molar refractivity (Wildman–Crippen MR) is 77.0 cm³/mol. The van der Waals surface area contributed by atoms with Gasteiger partial charge in [0.05, 0.1) is 6.26 Å². The van der Waals surface area contributed by atoms with Crippen molar-refractivity contribution in [3.63, 3.8) is 0 Å². The van der Waals surface area contributed by atoms with Crippen LogP contribution in [0.1, 0.15) is 10.4 Å². The van der Waals surface area contributed by atoms with Crippen molar-refractivity contribution >= 4 is 47.8 Å². The Labute approximate surface area is 123 Å². The molecule has 1 amide bonds. The van der Waals surface area contributed by atoms with Crippen molar-refractivity contribution in [2.75, 3.05) is 19.3 Å². The first-order chi connectivity index (χ1) is 8.28. The number of hydrogen-bond donors (Lipinski definition) is 2. The molecule has 0 aliphatic carbocycles. The van der Waals surface area contributed by atoms with Crippen molar-refractivity contribution in [3.05, 3.63) is 32.7 Å². The second kappa shape index (κ2) is 6.65. The topological polar surface area (TPSA) is 75.3 Å². The van der Waals surface area contributed by atoms with Crippen molar-refractivity contribution in [1.82, 2.24) is 10.0 Å². The molecular formula is C10H12Br2N2O3S. The maximum atomic E-state index is 11.7. The summed E-state index contributed by atoms with van der Waals surface area (Å²) < 4.78 is 25.5. The molecule has 0 bridgehead atoms. The number of amides is 1. The van der Waals surface area contributed by atoms with Crippen molar-refractivity contribution < 1.29 is 13.2 Å². The first kappa shape index (κ1) is 15.6. The van der Waals surface area contributed by atoms with E-state index in [1.54, 1.807) is 12.1 Å². The normalized spacial score (nSPS) is 11.3. The Kier molecular flexibility index (Phi) is 5.77. The summed E-state index contributed by atoms with van der Waals surface area (Å²) in [6, 6.07) is 5.19. The lowest BCUT2D eigenvalue weighted by Gasteiger charge is -2.06. The molecule has 0 heterocycles. The zero-order chi connectivity index (χ0) is 13.8. The zero-order valence-electron chi connectivity index (χ0n) is 9.54. The summed E-state index contributed by atoms with van der Waals surface area (Å²) in [5.41, 5.74) is 0.496. The summed E-state index contributed by atoms with van der Waals surface area (Å²) in [5, 5.41) is 2.62. The molecule has 2 N–H and O–H groups in total. The SMILES string of the molecule is CS(=O)(=O)NCCNC(=O)c1cc(Br)cc(Br)c1. The molecule has 0 spiro atoms. The summed E-state index contributed by atoms with van der Waals surface area (Å²) >= 11 is 6.58. The van der Waals surface area contributed by atoms with Crippen molar-refractivity contribution in [3.8, 4) is 0 Å². The second-order valence-corrected chi connectivity index (χ2v) is 7.24. The van der Waals surface area contributed by atoms with Gasteiger partial charge in [0, 0.05) is 27.6 Å². The average molecular weight is 400 g/mol. The molecule has 0 aliphatic heterocycles. The van der Waals surface area contributed by atoms with Gasteiger partial charge in [-0.05, 0) is 18.2 Å². The summed E-state index contributed by atoms with van der Waals surface area (Å²) in [6.07, 6.45) is 1.07. The lowest BCUT2D eigenvalue weighted by Crippen LogP contribution is -2.34. The van der Waals surface area contributed by atoms with Crippen LogP contribution in [-0.4, -0.2) is 33.7 Å². The van der Waals surface area contributed by atoms with Crippen molar-refractivity contribution in [2.24, 2.45) is 0 Å². The summed E-state index contributed by atoms with van der Waals surface area (Å²) in [7, 11) is -3.22. The lowest BCUT2D eigenvalue weighted by molar-refractivity contribution is 0.0954. The molecule has 0 saturated carbocycles. The van der Waals surface area contributed by atoms with E-state index >= 15 is 0 Å². The van der Waals surface area contributed by atoms with E-state index in [1.165, 1.54) is 0 Å². The maximum absolute atomic E-state index is 11.7. The minimum atomic E-state index is -3.22. The third-order valence-corrected chi connectivity index (χ3v) is 3.54. The first-order valence-corrected chi connectivity index (χ1v) is 8.44. The molecule has 0 aliphatic rings. The van der Waals surface area contributed by atoms with E-state index in [-0.39, 0.29) is 19.0 Å². The van der Waals surface area contributed by atoms with Crippen LogP contribution in [0.15, 0.2) is 27.1 Å². The van der Waals surface area contributed by atoms with Gasteiger partial charge < -0.3 is 5.32 Å². The van der Waals surface area contributed by atoms with Crippen LogP contribution >= 0.6 is 31.9 Å². The van der Waals surface area contributed by atoms with Gasteiger partial charge in [0.25, 0.3) is 5.91 Å². The highest BCUT2D eigenvalue weighted by Gasteiger charge is 2.07. The van der Waals surface area contributed by atoms with Crippen LogP contribution in [0.3, 0.4) is 0 Å². The molecule has 0 aromatic heterocycles. The number of carbonyl (C=O) groups excluding carboxylic acids is 1. The molecule has 5 nitrogen and oxygen atoms in total. The van der Waals surface area contributed by atoms with E-state index in [1.807, 2.05) is 6.07 Å². The number of benzene rings is 1. The average Bonchev–Trinajstić information content (AvgIpc) is 2.21. The van der Waals surface area contributed by atoms with Gasteiger partial charge in [0.2, 0.25) is 10.0 Å². The maximum Gasteiger partial charge on any atom is 0.251 e. The van der Waals surface area contributed by atoms with Gasteiger partial charge >= 0.3 is 0 Å². The van der Waals surface area contributed by atoms with Gasteiger partial charge in [-0.2, -0.15) is 0 Å². The monoisotopic (exact) mass is 398 g/mol. The van der Waals surface area contributed by atoms with Gasteiger partial charge in [0.15, 0.2) is 0 Å². The molecule has 1 rings (SSSR count). The van der Waals surface area contributed by atoms with E-state index in [2.05, 4.69) is 41.9 Å². The van der Waals surface area contributed by atoms with Gasteiger partial charge in [-0.15, -0.1) is 0 Å². The van der Waals surface area contributed by atoms with Crippen LogP contribution in [0, 0.1) is 0 Å². The van der Waals surface area contributed by atoms with Crippen LogP contribution in [-0.2, 0) is 10.0 Å². The summed E-state index contributed by atoms with van der Waals surface area (Å²) in [5.74, 6) is -0.257. The molecular weight excluding hydrogens is 388 g/mol. The van der Waals surface area contributed by atoms with E-state index in [0.29, 0.717) is 5.56 Å². The molecule has 1 aromatic rings. The Morgan fingerprint density at radius 2 is 1.72 bits per heavy atom. The van der Waals surface area contributed by atoms with Gasteiger partial charge in [-0.1, -0.05) is 31.9 Å². The van der Waals surface area contributed by atoms with E-state index < -0.39 is 10.0 Å². The second-order valence-electron chi connectivity index (χ2n) is 3.58. The summed E-state index contributed by atoms with van der Waals surface area (Å²) in [4.78, 5) is 11.7. The molecule has 0 unspecified atom stereocenters. The van der Waals surface area contributed by atoms with E-state index in [9.17, 15) is 13.2 Å². The molecule has 0 radical (unpaired) electrons. The highest BCUT2D eigenvalue weighted by molar-refractivity contribution is 9.11. The van der Waals surface area contributed by atoms with Crippen LogP contribution in [0.5, 0.6) is 0 Å². The fourth-order valence-corrected chi connectivity index (χ4v) is 2.97. The first-order valence-electron chi connectivity index (χ1n) is 4.97. The molecule has 100 valence electrons. The highest BCUT2D eigenvalue weighted by Crippen LogP contribution is 2.19. The smallest absolute Gasteiger partial charge is 0.251 e. The van der Waals surface area contributed by atoms with E-state index in [4.69, 9.17) is 0 Å². The van der Waals surface area contributed by atoms with Crippen LogP contribution in [0.4, 0.5) is 0 Å². The number of hydrogen-bond acceptors (Lipinski definition) is 3. The Morgan fingerprint density at radius 1 is 1.17 bits per heavy atom. The standard InChI is InChI=1S/C10H12Br2N2O3S/c1-18(16,17)14-3-2-13-10(15)7-4-8(11)6-9(12)5-7/h4-6,14H,2-3H2,1H3,(H,13,15). The molecule has 0 saturated heterocycles. The minimum Gasteiger partial charge on any atom is -0.351 e. The largest absolute Gasteiger partial charge is 0.351 e. The van der Waals surface area contributed by atoms with Crippen LogP contribution in [0.25, 0.3) is 0 Å². The fraction of sp³-hybridized carbons (Fsp3) is 0.300. The molecule has 18 heavy (non-hydrogen) atoms. The number of nitrogens with one attached hydrogen (secondary N) is 2. The summed E-state index contributed by atoms with van der Waals surface area (Å²) in [6.45, 7) is 0.399. The zero-order valence-corrected chi connectivity index (χ0v) is 13.5. The Hall–Kier alpha value is -0.440. The number of halogens is 2. The number of rotatable bonds is 5. The van der Waals surface area contributed by atoms with Crippen molar-refractivity contribution in [2.45, 2.75) is 0 Å².